The molecule has 2 fully saturated rings. The number of hydrogen-bond donors (Lipinski definition) is 15. The van der Waals surface area contributed by atoms with Gasteiger partial charge in [-0.1, -0.05) is 70.1 Å². The summed E-state index contributed by atoms with van der Waals surface area (Å²) in [5.74, 6) is -8.74. The maximum absolute atomic E-state index is 14.7. The standard InChI is InChI=1S/C50H67N19O10S2/c1-26-41(72)64-35(19-29-21-56-25-61-29)45(76)65-33(17-27-9-3-2-4-10-27)43(74)63-32(13-7-15-57-48(52)53)42(73)66-34(18-28-20-59-31-12-6-5-11-30(28)31)44(75)67-36(40(51)71)23-80-81-24-37(46(77)62-26)68-47(78)38(14-8-16-58-49(54)55)69-39(70)22-60-50(69)79/h2-6,9-12,20-21,25-26,32-38,59H,7-8,13-19,22-24H2,1H3,(H2,51,71)(H,56,61)(H,60,79)(H,62,77)(H,63,74)(H,64,72)(H,65,76)(H,66,73)(H,67,75)(H,68,78)(H4,52,53,57)(H4,54,55,58)/t26-,32+,33-,34+,35+,36+,37+,38+/m1/s1. The highest BCUT2D eigenvalue weighted by molar-refractivity contribution is 8.76. The number of nitrogens with two attached hydrogens (primary N) is 5. The van der Waals surface area contributed by atoms with Crippen LogP contribution in [0.4, 0.5) is 4.79 Å². The monoisotopic (exact) mass is 1160 g/mol. The van der Waals surface area contributed by atoms with Gasteiger partial charge in [-0.2, -0.15) is 0 Å². The van der Waals surface area contributed by atoms with Crippen LogP contribution in [-0.2, 0) is 62.4 Å². The number of imidazole rings is 1. The molecule has 29 nitrogen and oxygen atoms in total. The third-order valence-electron chi connectivity index (χ3n) is 12.9. The highest BCUT2D eigenvalue weighted by atomic mass is 33.1. The molecule has 2 aliphatic rings. The van der Waals surface area contributed by atoms with E-state index in [4.69, 9.17) is 28.7 Å². The maximum Gasteiger partial charge on any atom is 0.325 e. The molecule has 4 heterocycles. The van der Waals surface area contributed by atoms with E-state index in [1.807, 2.05) is 18.2 Å². The van der Waals surface area contributed by atoms with E-state index in [1.54, 1.807) is 42.6 Å². The van der Waals surface area contributed by atoms with Gasteiger partial charge in [0.05, 0.1) is 12.9 Å². The van der Waals surface area contributed by atoms with Gasteiger partial charge in [0.2, 0.25) is 47.3 Å². The second-order valence-electron chi connectivity index (χ2n) is 18.9. The molecule has 20 N–H and O–H groups in total. The molecule has 8 atom stereocenters. The lowest BCUT2D eigenvalue weighted by molar-refractivity contribution is -0.137. The number of primary amides is 1. The molecule has 0 bridgehead atoms. The van der Waals surface area contributed by atoms with Gasteiger partial charge >= 0.3 is 6.03 Å². The molecule has 0 unspecified atom stereocenters. The Kier molecular flexibility index (Phi) is 22.7. The first-order valence-corrected chi connectivity index (χ1v) is 28.2. The molecule has 31 heteroatoms. The van der Waals surface area contributed by atoms with Crippen LogP contribution in [0.15, 0.2) is 83.3 Å². The number of aromatic amines is 2. The van der Waals surface area contributed by atoms with Gasteiger partial charge in [0.25, 0.3) is 5.91 Å². The topological polar surface area (TPSA) is 469 Å². The van der Waals surface area contributed by atoms with Crippen molar-refractivity contribution in [3.05, 3.63) is 90.1 Å². The molecule has 4 aromatic rings. The summed E-state index contributed by atoms with van der Waals surface area (Å²) in [5.41, 5.74) is 30.3. The first-order valence-electron chi connectivity index (χ1n) is 25.7. The molecule has 2 aromatic heterocycles. The van der Waals surface area contributed by atoms with Crippen molar-refractivity contribution < 1.29 is 47.9 Å². The Morgan fingerprint density at radius 3 is 1.95 bits per heavy atom. The molecule has 434 valence electrons. The van der Waals surface area contributed by atoms with Crippen molar-refractivity contribution in [2.75, 3.05) is 31.1 Å². The van der Waals surface area contributed by atoms with Crippen LogP contribution in [0, 0.1) is 0 Å². The van der Waals surface area contributed by atoms with Gasteiger partial charge in [-0.3, -0.25) is 58.0 Å². The number of guanidine groups is 2. The van der Waals surface area contributed by atoms with Crippen LogP contribution in [0.3, 0.4) is 0 Å². The van der Waals surface area contributed by atoms with Crippen molar-refractivity contribution in [3.63, 3.8) is 0 Å². The summed E-state index contributed by atoms with van der Waals surface area (Å²) in [7, 11) is 1.92. The van der Waals surface area contributed by atoms with E-state index in [0.29, 0.717) is 16.8 Å². The molecule has 2 saturated heterocycles. The van der Waals surface area contributed by atoms with Gasteiger partial charge in [-0.15, -0.1) is 0 Å². The van der Waals surface area contributed by atoms with Gasteiger partial charge in [-0.05, 0) is 49.8 Å². The van der Waals surface area contributed by atoms with E-state index in [1.165, 1.54) is 19.4 Å². The number of aliphatic imine (C=N–C) groups is 2. The molecule has 81 heavy (non-hydrogen) atoms. The smallest absolute Gasteiger partial charge is 0.325 e. The molecule has 2 aromatic carbocycles. The van der Waals surface area contributed by atoms with Crippen LogP contribution in [0.5, 0.6) is 0 Å². The van der Waals surface area contributed by atoms with E-state index in [2.05, 4.69) is 67.5 Å². The summed E-state index contributed by atoms with van der Waals surface area (Å²) in [5, 5.41) is 21.8. The summed E-state index contributed by atoms with van der Waals surface area (Å²) >= 11 is 0. The number of para-hydroxylation sites is 1. The summed E-state index contributed by atoms with van der Waals surface area (Å²) in [4.78, 5) is 159. The van der Waals surface area contributed by atoms with Crippen molar-refractivity contribution in [1.29, 1.82) is 0 Å². The maximum atomic E-state index is 14.7. The number of imide groups is 1. The zero-order valence-electron chi connectivity index (χ0n) is 44.1. The normalized spacial score (nSPS) is 22.4. The second-order valence-corrected chi connectivity index (χ2v) is 21.5. The fourth-order valence-corrected chi connectivity index (χ4v) is 11.0. The van der Waals surface area contributed by atoms with E-state index in [-0.39, 0.29) is 81.5 Å². The number of rotatable bonds is 18. The number of nitrogens with zero attached hydrogens (tertiary/aromatic N) is 4. The average Bonchev–Trinajstić information content (AvgIpc) is 4.19. The van der Waals surface area contributed by atoms with Gasteiger partial charge in [-0.25, -0.2) is 9.78 Å². The fourth-order valence-electron chi connectivity index (χ4n) is 8.65. The van der Waals surface area contributed by atoms with Gasteiger partial charge in [0.15, 0.2) is 11.9 Å². The van der Waals surface area contributed by atoms with Crippen LogP contribution in [0.2, 0.25) is 0 Å². The summed E-state index contributed by atoms with van der Waals surface area (Å²) in [6.45, 7) is 0.990. The lowest BCUT2D eigenvalue weighted by Gasteiger charge is -2.28. The van der Waals surface area contributed by atoms with Crippen LogP contribution >= 0.6 is 21.6 Å². The minimum atomic E-state index is -1.51. The highest BCUT2D eigenvalue weighted by Gasteiger charge is 2.41. The summed E-state index contributed by atoms with van der Waals surface area (Å²) < 4.78 is 0. The molecule has 0 saturated carbocycles. The fraction of sp³-hybridized carbons (Fsp3) is 0.420. The SMILES string of the molecule is C[C@H]1NC(=O)[C@@H](NC(=O)[C@H](CCCN=C(N)N)N2C(=O)CNC2=O)CSSC[C@@H](C(N)=O)NC(=O)[C@H](Cc2c[nH]c3ccccc23)NC(=O)[C@H](CCCN=C(N)N)NC(=O)[C@@H](Cc2ccccc2)NC(=O)[C@H](Cc2cnc[nH]2)NC1=O. The Labute approximate surface area is 472 Å². The van der Waals surface area contributed by atoms with Crippen molar-refractivity contribution in [2.45, 2.75) is 100 Å². The minimum absolute atomic E-state index is 0.0229. The first kappa shape index (κ1) is 61.3. The third kappa shape index (κ3) is 18.3. The minimum Gasteiger partial charge on any atom is -0.370 e. The third-order valence-corrected chi connectivity index (χ3v) is 15.3. The lowest BCUT2D eigenvalue weighted by Crippen LogP contribution is -2.61. The van der Waals surface area contributed by atoms with Gasteiger partial charge in [0, 0.05) is 72.8 Å². The molecule has 2 aliphatic heterocycles. The van der Waals surface area contributed by atoms with Crippen molar-refractivity contribution >= 4 is 104 Å². The molecule has 0 spiro atoms. The first-order chi connectivity index (χ1) is 38.8. The molecule has 0 aliphatic carbocycles. The van der Waals surface area contributed by atoms with Crippen LogP contribution in [0.1, 0.15) is 49.4 Å². The number of benzene rings is 2. The number of fused-ring (bicyclic) bond motifs is 1. The number of hydrogen-bond acceptors (Lipinski definition) is 15. The van der Waals surface area contributed by atoms with Crippen LogP contribution < -0.4 is 71.2 Å². The summed E-state index contributed by atoms with van der Waals surface area (Å²) in [6, 6.07) is 3.58. The molecular weight excluding hydrogens is 1090 g/mol. The van der Waals surface area contributed by atoms with E-state index in [0.717, 1.165) is 37.4 Å². The number of H-pyrrole nitrogens is 2. The predicted molar refractivity (Wildman–Crippen MR) is 302 cm³/mol. The number of nitrogens with one attached hydrogen (secondary N) is 10. The Hall–Kier alpha value is -8.87. The second kappa shape index (κ2) is 29.9. The summed E-state index contributed by atoms with van der Waals surface area (Å²) in [6.07, 6.45) is 4.06. The zero-order valence-corrected chi connectivity index (χ0v) is 45.7. The van der Waals surface area contributed by atoms with Crippen LogP contribution in [0.25, 0.3) is 10.9 Å². The van der Waals surface area contributed by atoms with Crippen molar-refractivity contribution in [2.24, 2.45) is 38.7 Å². The Bertz CT molecular complexity index is 2940. The van der Waals surface area contributed by atoms with Gasteiger partial charge < -0.3 is 81.2 Å². The van der Waals surface area contributed by atoms with Gasteiger partial charge in [0.1, 0.15) is 48.3 Å². The molecule has 6 rings (SSSR count). The predicted octanol–water partition coefficient (Wildman–Crippen LogP) is -3.76. The Morgan fingerprint density at radius 2 is 1.30 bits per heavy atom. The number of carbonyl (C=O) groups excluding carboxylic acids is 10. The number of amides is 11. The van der Waals surface area contributed by atoms with E-state index >= 15 is 0 Å². The number of aromatic nitrogens is 3. The lowest BCUT2D eigenvalue weighted by atomic mass is 10.0. The Morgan fingerprint density at radius 1 is 0.691 bits per heavy atom. The Balaban J connectivity index is 1.38. The highest BCUT2D eigenvalue weighted by Crippen LogP contribution is 2.25. The molecule has 11 amide bonds. The largest absolute Gasteiger partial charge is 0.370 e. The van der Waals surface area contributed by atoms with Crippen molar-refractivity contribution in [3.8, 4) is 0 Å². The van der Waals surface area contributed by atoms with E-state index < -0.39 is 114 Å². The van der Waals surface area contributed by atoms with Crippen LogP contribution in [-0.4, -0.2) is 170 Å². The zero-order chi connectivity index (χ0) is 58.6. The molecule has 0 radical (unpaired) electrons. The molecular formula is C50H67N19O10S2. The number of carbonyl (C=O) groups is 10. The van der Waals surface area contributed by atoms with E-state index in [9.17, 15) is 47.9 Å². The average molecular weight is 1160 g/mol. The van der Waals surface area contributed by atoms with Crippen molar-refractivity contribution in [1.82, 2.24) is 62.4 Å². The number of urea groups is 1. The quantitative estimate of drug-likeness (QED) is 0.0150.